The van der Waals surface area contributed by atoms with Gasteiger partial charge in [0, 0.05) is 4.91 Å². The van der Waals surface area contributed by atoms with Crippen LogP contribution in [0.25, 0.3) is 10.4 Å². The van der Waals surface area contributed by atoms with Crippen LogP contribution in [0.1, 0.15) is 12.0 Å². The molecular formula is C10H11N3O. The maximum atomic E-state index is 8.19. The van der Waals surface area contributed by atoms with Gasteiger partial charge < -0.3 is 4.74 Å². The number of nitrogens with zero attached hydrogens (tertiary/aromatic N) is 3. The molecule has 1 heterocycles. The number of ether oxygens (including phenoxy) is 1. The van der Waals surface area contributed by atoms with E-state index in [0.29, 0.717) is 6.54 Å². The Morgan fingerprint density at radius 3 is 3.21 bits per heavy atom. The van der Waals surface area contributed by atoms with Gasteiger partial charge in [-0.15, -0.1) is 0 Å². The average molecular weight is 189 g/mol. The van der Waals surface area contributed by atoms with E-state index >= 15 is 0 Å². The van der Waals surface area contributed by atoms with Gasteiger partial charge in [0.25, 0.3) is 0 Å². The van der Waals surface area contributed by atoms with Crippen LogP contribution in [0.2, 0.25) is 0 Å². The Balaban J connectivity index is 2.09. The molecule has 0 amide bonds. The molecule has 72 valence electrons. The summed E-state index contributed by atoms with van der Waals surface area (Å²) in [6, 6.07) is 7.99. The zero-order chi connectivity index (χ0) is 9.80. The van der Waals surface area contributed by atoms with Crippen molar-refractivity contribution in [2.24, 2.45) is 5.11 Å². The summed E-state index contributed by atoms with van der Waals surface area (Å²) in [4.78, 5) is 2.73. The Morgan fingerprint density at radius 1 is 1.50 bits per heavy atom. The minimum Gasteiger partial charge on any atom is -0.490 e. The van der Waals surface area contributed by atoms with Crippen LogP contribution in [0.3, 0.4) is 0 Å². The lowest BCUT2D eigenvalue weighted by Gasteiger charge is -2.24. The first-order chi connectivity index (χ1) is 6.90. The number of azide groups is 1. The lowest BCUT2D eigenvalue weighted by Crippen LogP contribution is -2.25. The maximum absolute atomic E-state index is 8.19. The summed E-state index contributed by atoms with van der Waals surface area (Å²) in [5, 5.41) is 3.52. The zero-order valence-corrected chi connectivity index (χ0v) is 7.76. The summed E-state index contributed by atoms with van der Waals surface area (Å²) in [5.74, 6) is 0.928. The molecule has 1 atom stereocenters. The van der Waals surface area contributed by atoms with E-state index in [1.165, 1.54) is 5.56 Å². The highest BCUT2D eigenvalue weighted by molar-refractivity contribution is 5.35. The Bertz CT molecular complexity index is 371. The van der Waals surface area contributed by atoms with Crippen LogP contribution < -0.4 is 4.74 Å². The molecule has 0 radical (unpaired) electrons. The lowest BCUT2D eigenvalue weighted by atomic mass is 10.0. The smallest absolute Gasteiger partial charge is 0.122 e. The topological polar surface area (TPSA) is 58.0 Å². The fourth-order valence-corrected chi connectivity index (χ4v) is 1.64. The second-order valence-electron chi connectivity index (χ2n) is 3.30. The minimum absolute atomic E-state index is 0.0424. The number of hydrogen-bond donors (Lipinski definition) is 0. The molecule has 0 unspecified atom stereocenters. The normalized spacial score (nSPS) is 19.0. The van der Waals surface area contributed by atoms with E-state index in [-0.39, 0.29) is 6.10 Å². The van der Waals surface area contributed by atoms with Crippen LogP contribution >= 0.6 is 0 Å². The Hall–Kier alpha value is -1.67. The first-order valence-corrected chi connectivity index (χ1v) is 4.65. The van der Waals surface area contributed by atoms with E-state index < -0.39 is 0 Å². The maximum Gasteiger partial charge on any atom is 0.122 e. The van der Waals surface area contributed by atoms with Gasteiger partial charge in [-0.1, -0.05) is 23.3 Å². The number of benzene rings is 1. The Labute approximate surface area is 82.1 Å². The summed E-state index contributed by atoms with van der Waals surface area (Å²) >= 11 is 0. The van der Waals surface area contributed by atoms with Crippen LogP contribution in [0.5, 0.6) is 5.75 Å². The summed E-state index contributed by atoms with van der Waals surface area (Å²) < 4.78 is 5.67. The predicted octanol–water partition coefficient (Wildman–Crippen LogP) is 2.69. The van der Waals surface area contributed by atoms with E-state index in [4.69, 9.17) is 10.3 Å². The molecule has 4 nitrogen and oxygen atoms in total. The van der Waals surface area contributed by atoms with Crippen molar-refractivity contribution in [1.82, 2.24) is 0 Å². The fourth-order valence-electron chi connectivity index (χ4n) is 1.64. The second-order valence-corrected chi connectivity index (χ2v) is 3.30. The molecule has 0 fully saturated rings. The lowest BCUT2D eigenvalue weighted by molar-refractivity contribution is 0.181. The molecule has 0 spiro atoms. The second kappa shape index (κ2) is 4.03. The molecule has 0 N–H and O–H groups in total. The van der Waals surface area contributed by atoms with E-state index in [1.807, 2.05) is 18.2 Å². The number of rotatable bonds is 2. The molecule has 0 aliphatic carbocycles. The van der Waals surface area contributed by atoms with E-state index in [1.54, 1.807) is 0 Å². The van der Waals surface area contributed by atoms with Gasteiger partial charge in [-0.3, -0.25) is 0 Å². The minimum atomic E-state index is 0.0424. The highest BCUT2D eigenvalue weighted by Gasteiger charge is 2.17. The van der Waals surface area contributed by atoms with Crippen LogP contribution in [0, 0.1) is 0 Å². The van der Waals surface area contributed by atoms with Gasteiger partial charge in [-0.05, 0) is 30.0 Å². The number of fused-ring (bicyclic) bond motifs is 1. The van der Waals surface area contributed by atoms with Crippen molar-refractivity contribution in [2.75, 3.05) is 6.54 Å². The molecule has 4 heteroatoms. The van der Waals surface area contributed by atoms with Crippen molar-refractivity contribution in [2.45, 2.75) is 18.9 Å². The quantitative estimate of drug-likeness (QED) is 0.401. The van der Waals surface area contributed by atoms with Gasteiger partial charge in [-0.25, -0.2) is 0 Å². The standard InChI is InChI=1S/C10H11N3O/c11-13-12-7-9-6-5-8-3-1-2-4-10(8)14-9/h1-4,9H,5-7H2/t9-/m1/s1. The van der Waals surface area contributed by atoms with E-state index in [2.05, 4.69) is 16.1 Å². The third kappa shape index (κ3) is 1.80. The highest BCUT2D eigenvalue weighted by atomic mass is 16.5. The summed E-state index contributed by atoms with van der Waals surface area (Å²) in [6.07, 6.45) is 1.97. The predicted molar refractivity (Wildman–Crippen MR) is 53.2 cm³/mol. The third-order valence-corrected chi connectivity index (χ3v) is 2.35. The molecule has 1 aliphatic heterocycles. The van der Waals surface area contributed by atoms with Crippen LogP contribution in [0.4, 0.5) is 0 Å². The SMILES string of the molecule is [N-]=[N+]=NC[C@H]1CCc2ccccc2O1. The zero-order valence-electron chi connectivity index (χ0n) is 7.76. The summed E-state index contributed by atoms with van der Waals surface area (Å²) in [5.41, 5.74) is 9.44. The Morgan fingerprint density at radius 2 is 2.36 bits per heavy atom. The van der Waals surface area contributed by atoms with Gasteiger partial charge in [0.15, 0.2) is 0 Å². The van der Waals surface area contributed by atoms with Gasteiger partial charge in [0.2, 0.25) is 0 Å². The van der Waals surface area contributed by atoms with Gasteiger partial charge >= 0.3 is 0 Å². The van der Waals surface area contributed by atoms with Crippen molar-refractivity contribution >= 4 is 0 Å². The molecule has 2 rings (SSSR count). The van der Waals surface area contributed by atoms with Crippen molar-refractivity contribution in [3.63, 3.8) is 0 Å². The first-order valence-electron chi connectivity index (χ1n) is 4.65. The van der Waals surface area contributed by atoms with Crippen molar-refractivity contribution in [3.8, 4) is 5.75 Å². The molecule has 0 saturated heterocycles. The average Bonchev–Trinajstić information content (AvgIpc) is 2.26. The monoisotopic (exact) mass is 189 g/mol. The Kier molecular flexibility index (Phi) is 2.56. The molecule has 14 heavy (non-hydrogen) atoms. The van der Waals surface area contributed by atoms with Crippen LogP contribution in [0.15, 0.2) is 29.4 Å². The van der Waals surface area contributed by atoms with Crippen molar-refractivity contribution in [3.05, 3.63) is 40.3 Å². The van der Waals surface area contributed by atoms with Gasteiger partial charge in [0.1, 0.15) is 11.9 Å². The molecule has 1 aromatic rings. The van der Waals surface area contributed by atoms with Crippen molar-refractivity contribution < 1.29 is 4.74 Å². The molecule has 1 aliphatic rings. The summed E-state index contributed by atoms with van der Waals surface area (Å²) in [6.45, 7) is 0.421. The van der Waals surface area contributed by atoms with Crippen LogP contribution in [-0.4, -0.2) is 12.6 Å². The number of hydrogen-bond acceptors (Lipinski definition) is 2. The van der Waals surface area contributed by atoms with E-state index in [0.717, 1.165) is 18.6 Å². The summed E-state index contributed by atoms with van der Waals surface area (Å²) in [7, 11) is 0. The van der Waals surface area contributed by atoms with Crippen LogP contribution in [-0.2, 0) is 6.42 Å². The number of aryl methyl sites for hydroxylation is 1. The first kappa shape index (κ1) is 8.91. The molecule has 0 bridgehead atoms. The van der Waals surface area contributed by atoms with E-state index in [9.17, 15) is 0 Å². The van der Waals surface area contributed by atoms with Gasteiger partial charge in [0.05, 0.1) is 6.54 Å². The highest BCUT2D eigenvalue weighted by Crippen LogP contribution is 2.26. The molecule has 0 aromatic heterocycles. The molecular weight excluding hydrogens is 178 g/mol. The van der Waals surface area contributed by atoms with Crippen molar-refractivity contribution in [1.29, 1.82) is 0 Å². The van der Waals surface area contributed by atoms with Gasteiger partial charge in [-0.2, -0.15) is 0 Å². The molecule has 0 saturated carbocycles. The number of para-hydroxylation sites is 1. The largest absolute Gasteiger partial charge is 0.490 e. The fraction of sp³-hybridized carbons (Fsp3) is 0.400. The third-order valence-electron chi connectivity index (χ3n) is 2.35. The molecule has 1 aromatic carbocycles.